The van der Waals surface area contributed by atoms with E-state index in [1.807, 2.05) is 37.4 Å². The van der Waals surface area contributed by atoms with Crippen LogP contribution in [0, 0.1) is 12.3 Å². The van der Waals surface area contributed by atoms with E-state index >= 15 is 0 Å². The van der Waals surface area contributed by atoms with Crippen LogP contribution >= 0.6 is 0 Å². The molecular formula is C13H13N3. The van der Waals surface area contributed by atoms with E-state index in [1.54, 1.807) is 0 Å². The van der Waals surface area contributed by atoms with Gasteiger partial charge in [0.25, 0.3) is 0 Å². The van der Waals surface area contributed by atoms with Crippen molar-refractivity contribution in [2.45, 2.75) is 19.4 Å². The molecule has 1 aromatic carbocycles. The summed E-state index contributed by atoms with van der Waals surface area (Å²) >= 11 is 0. The van der Waals surface area contributed by atoms with Gasteiger partial charge in [-0.2, -0.15) is 0 Å². The van der Waals surface area contributed by atoms with Gasteiger partial charge in [-0.1, -0.05) is 18.2 Å². The van der Waals surface area contributed by atoms with Gasteiger partial charge in [0.2, 0.25) is 5.95 Å². The largest absolute Gasteiger partial charge is 0.351 e. The Morgan fingerprint density at radius 1 is 1.44 bits per heavy atom. The lowest BCUT2D eigenvalue weighted by Crippen LogP contribution is -2.16. The molecule has 1 heterocycles. The van der Waals surface area contributed by atoms with Gasteiger partial charge in [0.05, 0.1) is 5.52 Å². The van der Waals surface area contributed by atoms with Crippen molar-refractivity contribution in [1.29, 1.82) is 0 Å². The first-order valence-electron chi connectivity index (χ1n) is 5.21. The molecule has 0 aliphatic heterocycles. The van der Waals surface area contributed by atoms with Gasteiger partial charge in [-0.3, -0.25) is 0 Å². The molecule has 3 nitrogen and oxygen atoms in total. The first-order valence-corrected chi connectivity index (χ1v) is 5.21. The van der Waals surface area contributed by atoms with Crippen LogP contribution < -0.4 is 5.32 Å². The molecule has 1 atom stereocenters. The molecular weight excluding hydrogens is 198 g/mol. The monoisotopic (exact) mass is 211 g/mol. The number of fused-ring (bicyclic) bond motifs is 1. The second-order valence-corrected chi connectivity index (χ2v) is 3.71. The number of nitrogens with zero attached hydrogens (tertiary/aromatic N) is 2. The fraction of sp³-hybridized carbons (Fsp3) is 0.231. The highest BCUT2D eigenvalue weighted by molar-refractivity contribution is 5.78. The number of hydrogen-bond donors (Lipinski definition) is 1. The molecule has 0 saturated heterocycles. The molecule has 3 heteroatoms. The van der Waals surface area contributed by atoms with E-state index in [9.17, 15) is 0 Å². The summed E-state index contributed by atoms with van der Waals surface area (Å²) < 4.78 is 0. The summed E-state index contributed by atoms with van der Waals surface area (Å²) in [4.78, 5) is 8.64. The predicted molar refractivity (Wildman–Crippen MR) is 66.1 cm³/mol. The van der Waals surface area contributed by atoms with E-state index in [2.05, 4.69) is 21.2 Å². The zero-order valence-electron chi connectivity index (χ0n) is 9.14. The van der Waals surface area contributed by atoms with Crippen molar-refractivity contribution in [3.63, 3.8) is 0 Å². The van der Waals surface area contributed by atoms with Crippen molar-refractivity contribution in [1.82, 2.24) is 9.97 Å². The zero-order chi connectivity index (χ0) is 11.4. The van der Waals surface area contributed by atoms with E-state index in [-0.39, 0.29) is 6.04 Å². The van der Waals surface area contributed by atoms with Crippen LogP contribution in [0.4, 0.5) is 5.95 Å². The average molecular weight is 211 g/mol. The number of hydrogen-bond acceptors (Lipinski definition) is 3. The van der Waals surface area contributed by atoms with Crippen molar-refractivity contribution >= 4 is 16.9 Å². The summed E-state index contributed by atoms with van der Waals surface area (Å²) in [5.74, 6) is 3.23. The molecule has 2 rings (SSSR count). The summed E-state index contributed by atoms with van der Waals surface area (Å²) in [5.41, 5.74) is 0.938. The second kappa shape index (κ2) is 4.63. The Hall–Kier alpha value is -2.08. The summed E-state index contributed by atoms with van der Waals surface area (Å²) in [6, 6.07) is 8.08. The van der Waals surface area contributed by atoms with Gasteiger partial charge in [0.1, 0.15) is 0 Å². The number of nitrogens with one attached hydrogen (secondary N) is 1. The fourth-order valence-electron chi connectivity index (χ4n) is 1.49. The van der Waals surface area contributed by atoms with E-state index in [0.29, 0.717) is 12.4 Å². The van der Waals surface area contributed by atoms with Crippen LogP contribution in [-0.4, -0.2) is 16.0 Å². The van der Waals surface area contributed by atoms with E-state index in [4.69, 9.17) is 6.42 Å². The molecule has 0 spiro atoms. The maximum atomic E-state index is 5.24. The quantitative estimate of drug-likeness (QED) is 0.792. The van der Waals surface area contributed by atoms with Crippen molar-refractivity contribution in [3.8, 4) is 12.3 Å². The summed E-state index contributed by atoms with van der Waals surface area (Å²) in [6.07, 6.45) is 7.72. The van der Waals surface area contributed by atoms with Crippen LogP contribution in [0.15, 0.2) is 30.5 Å². The Labute approximate surface area is 94.9 Å². The lowest BCUT2D eigenvalue weighted by molar-refractivity contribution is 0.814. The molecule has 0 radical (unpaired) electrons. The normalized spacial score (nSPS) is 12.0. The van der Waals surface area contributed by atoms with E-state index < -0.39 is 0 Å². The van der Waals surface area contributed by atoms with Crippen molar-refractivity contribution in [3.05, 3.63) is 30.5 Å². The van der Waals surface area contributed by atoms with Gasteiger partial charge in [-0.25, -0.2) is 9.97 Å². The Balaban J connectivity index is 2.23. The Kier molecular flexibility index (Phi) is 3.02. The number of aromatic nitrogens is 2. The summed E-state index contributed by atoms with van der Waals surface area (Å²) in [6.45, 7) is 2.01. The number of rotatable bonds is 3. The molecule has 1 N–H and O–H groups in total. The van der Waals surface area contributed by atoms with Gasteiger partial charge in [0, 0.05) is 24.0 Å². The maximum Gasteiger partial charge on any atom is 0.223 e. The molecule has 0 bridgehead atoms. The van der Waals surface area contributed by atoms with E-state index in [1.165, 1.54) is 0 Å². The standard InChI is InChI=1S/C13H13N3/c1-3-6-10(2)15-13-14-9-11-7-4-5-8-12(11)16-13/h1,4-5,7-10H,6H2,2H3,(H,14,15,16). The van der Waals surface area contributed by atoms with Gasteiger partial charge in [0.15, 0.2) is 0 Å². The molecule has 0 aliphatic rings. The number of benzene rings is 1. The molecule has 16 heavy (non-hydrogen) atoms. The van der Waals surface area contributed by atoms with Crippen LogP contribution in [0.1, 0.15) is 13.3 Å². The lowest BCUT2D eigenvalue weighted by atomic mass is 10.2. The molecule has 80 valence electrons. The highest BCUT2D eigenvalue weighted by atomic mass is 15.1. The minimum absolute atomic E-state index is 0.186. The maximum absolute atomic E-state index is 5.24. The van der Waals surface area contributed by atoms with Crippen LogP contribution in [0.3, 0.4) is 0 Å². The third-order valence-corrected chi connectivity index (χ3v) is 2.29. The van der Waals surface area contributed by atoms with Gasteiger partial charge in [-0.15, -0.1) is 12.3 Å². The summed E-state index contributed by atoms with van der Waals surface area (Å²) in [5, 5.41) is 4.21. The van der Waals surface area contributed by atoms with Crippen molar-refractivity contribution in [2.24, 2.45) is 0 Å². The van der Waals surface area contributed by atoms with Crippen LogP contribution in [-0.2, 0) is 0 Å². The van der Waals surface area contributed by atoms with Gasteiger partial charge < -0.3 is 5.32 Å². The minimum atomic E-state index is 0.186. The molecule has 2 aromatic rings. The smallest absolute Gasteiger partial charge is 0.223 e. The first kappa shape index (κ1) is 10.4. The Morgan fingerprint density at radius 3 is 3.06 bits per heavy atom. The number of para-hydroxylation sites is 1. The van der Waals surface area contributed by atoms with Crippen LogP contribution in [0.5, 0.6) is 0 Å². The third-order valence-electron chi connectivity index (χ3n) is 2.29. The van der Waals surface area contributed by atoms with Crippen molar-refractivity contribution < 1.29 is 0 Å². The number of anilines is 1. The zero-order valence-corrected chi connectivity index (χ0v) is 9.14. The summed E-state index contributed by atoms with van der Waals surface area (Å²) in [7, 11) is 0. The Bertz CT molecular complexity index is 528. The molecule has 0 aliphatic carbocycles. The average Bonchev–Trinajstić information content (AvgIpc) is 2.29. The van der Waals surface area contributed by atoms with Gasteiger partial charge in [-0.05, 0) is 13.0 Å². The van der Waals surface area contributed by atoms with Crippen molar-refractivity contribution in [2.75, 3.05) is 5.32 Å². The SMILES string of the molecule is C#CCC(C)Nc1ncc2ccccc2n1. The highest BCUT2D eigenvalue weighted by Gasteiger charge is 2.03. The predicted octanol–water partition coefficient (Wildman–Crippen LogP) is 2.45. The molecule has 1 aromatic heterocycles. The molecule has 0 fully saturated rings. The molecule has 1 unspecified atom stereocenters. The number of terminal acetylenes is 1. The lowest BCUT2D eigenvalue weighted by Gasteiger charge is -2.10. The first-order chi connectivity index (χ1) is 7.79. The van der Waals surface area contributed by atoms with E-state index in [0.717, 1.165) is 10.9 Å². The highest BCUT2D eigenvalue weighted by Crippen LogP contribution is 2.12. The second-order valence-electron chi connectivity index (χ2n) is 3.71. The van der Waals surface area contributed by atoms with Crippen LogP contribution in [0.2, 0.25) is 0 Å². The topological polar surface area (TPSA) is 37.8 Å². The fourth-order valence-corrected chi connectivity index (χ4v) is 1.49. The third kappa shape index (κ3) is 2.29. The minimum Gasteiger partial charge on any atom is -0.351 e. The Morgan fingerprint density at radius 2 is 2.25 bits per heavy atom. The molecule has 0 amide bonds. The van der Waals surface area contributed by atoms with Gasteiger partial charge >= 0.3 is 0 Å². The van der Waals surface area contributed by atoms with Crippen LogP contribution in [0.25, 0.3) is 10.9 Å². The molecule has 0 saturated carbocycles.